The average Bonchev–Trinajstić information content (AvgIpc) is 2.34. The van der Waals surface area contributed by atoms with Gasteiger partial charge in [0.15, 0.2) is 0 Å². The summed E-state index contributed by atoms with van der Waals surface area (Å²) < 4.78 is 5.35. The molecule has 1 saturated heterocycles. The summed E-state index contributed by atoms with van der Waals surface area (Å²) in [6.45, 7) is 0. The van der Waals surface area contributed by atoms with Crippen molar-refractivity contribution in [2.75, 3.05) is 0 Å². The van der Waals surface area contributed by atoms with E-state index in [-0.39, 0.29) is 11.6 Å². The predicted octanol–water partition coefficient (Wildman–Crippen LogP) is 2.03. The van der Waals surface area contributed by atoms with Crippen molar-refractivity contribution < 1.29 is 9.53 Å². The van der Waals surface area contributed by atoms with Crippen molar-refractivity contribution in [3.63, 3.8) is 0 Å². The molecule has 0 aromatic heterocycles. The maximum Gasteiger partial charge on any atom is 0.306 e. The molecule has 2 heteroatoms. The van der Waals surface area contributed by atoms with Crippen LogP contribution in [0.25, 0.3) is 0 Å². The van der Waals surface area contributed by atoms with E-state index in [4.69, 9.17) is 4.74 Å². The van der Waals surface area contributed by atoms with Gasteiger partial charge in [-0.1, -0.05) is 6.42 Å². The van der Waals surface area contributed by atoms with Crippen LogP contribution >= 0.6 is 0 Å². The van der Waals surface area contributed by atoms with Crippen LogP contribution < -0.4 is 0 Å². The van der Waals surface area contributed by atoms with Gasteiger partial charge in [-0.25, -0.2) is 0 Å². The van der Waals surface area contributed by atoms with Gasteiger partial charge in [-0.05, 0) is 32.1 Å². The van der Waals surface area contributed by atoms with Crippen LogP contribution in [0.1, 0.15) is 44.9 Å². The van der Waals surface area contributed by atoms with Crippen molar-refractivity contribution >= 4 is 5.97 Å². The number of carbonyl (C=O) groups is 1. The van der Waals surface area contributed by atoms with Crippen molar-refractivity contribution in [3.8, 4) is 0 Å². The fourth-order valence-corrected chi connectivity index (χ4v) is 2.22. The van der Waals surface area contributed by atoms with E-state index in [1.54, 1.807) is 0 Å². The number of hydrogen-bond acceptors (Lipinski definition) is 2. The zero-order chi connectivity index (χ0) is 7.73. The summed E-state index contributed by atoms with van der Waals surface area (Å²) in [5.74, 6) is 0.0203. The van der Waals surface area contributed by atoms with Gasteiger partial charge >= 0.3 is 5.97 Å². The van der Waals surface area contributed by atoms with Crippen molar-refractivity contribution in [1.29, 1.82) is 0 Å². The largest absolute Gasteiger partial charge is 0.459 e. The average molecular weight is 154 g/mol. The Hall–Kier alpha value is -0.530. The molecule has 62 valence electrons. The van der Waals surface area contributed by atoms with Gasteiger partial charge < -0.3 is 4.74 Å². The van der Waals surface area contributed by atoms with Crippen LogP contribution in [0.3, 0.4) is 0 Å². The third kappa shape index (κ3) is 1.26. The quantitative estimate of drug-likeness (QED) is 0.499. The molecule has 0 amide bonds. The van der Waals surface area contributed by atoms with Gasteiger partial charge in [0.1, 0.15) is 5.60 Å². The second-order valence-electron chi connectivity index (χ2n) is 3.72. The van der Waals surface area contributed by atoms with Crippen LogP contribution in [-0.4, -0.2) is 11.6 Å². The Morgan fingerprint density at radius 2 is 1.82 bits per heavy atom. The SMILES string of the molecule is O=C1CCC2(CCCCC2)O1. The number of ether oxygens (including phenoxy) is 1. The first-order valence-electron chi connectivity index (χ1n) is 4.53. The highest BCUT2D eigenvalue weighted by molar-refractivity contribution is 5.72. The Bertz CT molecular complexity index is 168. The third-order valence-corrected chi connectivity index (χ3v) is 2.88. The minimum Gasteiger partial charge on any atom is -0.459 e. The highest BCUT2D eigenvalue weighted by atomic mass is 16.6. The van der Waals surface area contributed by atoms with Gasteiger partial charge in [0.25, 0.3) is 0 Å². The first kappa shape index (κ1) is 7.14. The van der Waals surface area contributed by atoms with Crippen molar-refractivity contribution in [2.45, 2.75) is 50.5 Å². The number of hydrogen-bond donors (Lipinski definition) is 0. The van der Waals surface area contributed by atoms with Crippen molar-refractivity contribution in [3.05, 3.63) is 0 Å². The van der Waals surface area contributed by atoms with Crippen LogP contribution in [0.2, 0.25) is 0 Å². The first-order chi connectivity index (χ1) is 5.31. The molecule has 0 aromatic carbocycles. The third-order valence-electron chi connectivity index (χ3n) is 2.88. The van der Waals surface area contributed by atoms with Gasteiger partial charge in [0.05, 0.1) is 0 Å². The van der Waals surface area contributed by atoms with Gasteiger partial charge in [0.2, 0.25) is 0 Å². The van der Waals surface area contributed by atoms with Crippen LogP contribution in [0.15, 0.2) is 0 Å². The lowest BCUT2D eigenvalue weighted by atomic mass is 9.83. The molecule has 2 aliphatic rings. The molecule has 0 N–H and O–H groups in total. The Balaban J connectivity index is 2.03. The summed E-state index contributed by atoms with van der Waals surface area (Å²) in [7, 11) is 0. The van der Waals surface area contributed by atoms with Crippen LogP contribution in [0.5, 0.6) is 0 Å². The molecule has 2 nitrogen and oxygen atoms in total. The molecule has 2 fully saturated rings. The second kappa shape index (κ2) is 2.50. The number of carbonyl (C=O) groups excluding carboxylic acids is 1. The molecule has 1 aliphatic heterocycles. The van der Waals surface area contributed by atoms with E-state index in [1.165, 1.54) is 19.3 Å². The van der Waals surface area contributed by atoms with Crippen LogP contribution in [0, 0.1) is 0 Å². The van der Waals surface area contributed by atoms with E-state index in [0.717, 1.165) is 19.3 Å². The molecular weight excluding hydrogens is 140 g/mol. The number of rotatable bonds is 0. The minimum atomic E-state index is -0.00463. The predicted molar refractivity (Wildman–Crippen MR) is 41.1 cm³/mol. The molecule has 1 spiro atoms. The zero-order valence-electron chi connectivity index (χ0n) is 6.77. The normalized spacial score (nSPS) is 28.9. The molecule has 0 radical (unpaired) electrons. The standard InChI is InChI=1S/C9H14O2/c10-8-4-7-9(11-8)5-2-1-3-6-9/h1-7H2. The zero-order valence-corrected chi connectivity index (χ0v) is 6.77. The Morgan fingerprint density at radius 1 is 1.09 bits per heavy atom. The monoisotopic (exact) mass is 154 g/mol. The van der Waals surface area contributed by atoms with Gasteiger partial charge in [0, 0.05) is 6.42 Å². The Morgan fingerprint density at radius 3 is 2.36 bits per heavy atom. The summed E-state index contributed by atoms with van der Waals surface area (Å²) in [5.41, 5.74) is -0.00463. The van der Waals surface area contributed by atoms with Gasteiger partial charge in [-0.2, -0.15) is 0 Å². The van der Waals surface area contributed by atoms with Crippen molar-refractivity contribution in [1.82, 2.24) is 0 Å². The summed E-state index contributed by atoms with van der Waals surface area (Å²) in [5, 5.41) is 0. The topological polar surface area (TPSA) is 26.3 Å². The lowest BCUT2D eigenvalue weighted by molar-refractivity contribution is -0.150. The molecule has 0 unspecified atom stereocenters. The Labute approximate surface area is 66.9 Å². The molecule has 11 heavy (non-hydrogen) atoms. The minimum absolute atomic E-state index is 0.00463. The smallest absolute Gasteiger partial charge is 0.306 e. The second-order valence-corrected chi connectivity index (χ2v) is 3.72. The molecule has 1 heterocycles. The maximum absolute atomic E-state index is 10.9. The van der Waals surface area contributed by atoms with E-state index in [2.05, 4.69) is 0 Å². The fraction of sp³-hybridized carbons (Fsp3) is 0.889. The molecular formula is C9H14O2. The van der Waals surface area contributed by atoms with Gasteiger partial charge in [-0.3, -0.25) is 4.79 Å². The molecule has 0 atom stereocenters. The first-order valence-corrected chi connectivity index (χ1v) is 4.53. The van der Waals surface area contributed by atoms with Crippen LogP contribution in [0.4, 0.5) is 0 Å². The van der Waals surface area contributed by atoms with E-state index in [1.807, 2.05) is 0 Å². The molecule has 0 aromatic rings. The van der Waals surface area contributed by atoms with E-state index in [9.17, 15) is 4.79 Å². The van der Waals surface area contributed by atoms with E-state index >= 15 is 0 Å². The lowest BCUT2D eigenvalue weighted by Gasteiger charge is -2.31. The highest BCUT2D eigenvalue weighted by Gasteiger charge is 2.40. The summed E-state index contributed by atoms with van der Waals surface area (Å²) in [6, 6.07) is 0. The lowest BCUT2D eigenvalue weighted by Crippen LogP contribution is -2.30. The number of esters is 1. The van der Waals surface area contributed by atoms with Gasteiger partial charge in [-0.15, -0.1) is 0 Å². The summed E-state index contributed by atoms with van der Waals surface area (Å²) >= 11 is 0. The molecule has 1 saturated carbocycles. The Kier molecular flexibility index (Phi) is 1.63. The molecule has 1 aliphatic carbocycles. The molecule has 0 bridgehead atoms. The van der Waals surface area contributed by atoms with E-state index in [0.29, 0.717) is 6.42 Å². The summed E-state index contributed by atoms with van der Waals surface area (Å²) in [6.07, 6.45) is 7.66. The van der Waals surface area contributed by atoms with Crippen molar-refractivity contribution in [2.24, 2.45) is 0 Å². The van der Waals surface area contributed by atoms with Crippen LogP contribution in [-0.2, 0) is 9.53 Å². The van der Waals surface area contributed by atoms with E-state index < -0.39 is 0 Å². The summed E-state index contributed by atoms with van der Waals surface area (Å²) in [4.78, 5) is 10.9. The highest BCUT2D eigenvalue weighted by Crippen LogP contribution is 2.39. The maximum atomic E-state index is 10.9. The fourth-order valence-electron chi connectivity index (χ4n) is 2.22. The molecule has 2 rings (SSSR count).